The van der Waals surface area contributed by atoms with E-state index in [1.165, 1.54) is 7.11 Å². The van der Waals surface area contributed by atoms with Crippen LogP contribution in [-0.2, 0) is 4.79 Å². The van der Waals surface area contributed by atoms with Crippen molar-refractivity contribution < 1.29 is 14.3 Å². The maximum absolute atomic E-state index is 11.9. The summed E-state index contributed by atoms with van der Waals surface area (Å²) in [5, 5.41) is 0.898. The van der Waals surface area contributed by atoms with Gasteiger partial charge in [-0.2, -0.15) is 0 Å². The van der Waals surface area contributed by atoms with Crippen molar-refractivity contribution in [1.82, 2.24) is 4.90 Å². The fourth-order valence-corrected chi connectivity index (χ4v) is 3.18. The second-order valence-electron chi connectivity index (χ2n) is 4.92. The molecule has 1 atom stereocenters. The summed E-state index contributed by atoms with van der Waals surface area (Å²) in [6, 6.07) is 3.23. The number of Topliss-reactive ketones (excluding diaryl/α,β-unsaturated/α-hetero) is 1. The Labute approximate surface area is 134 Å². The summed E-state index contributed by atoms with van der Waals surface area (Å²) in [5.41, 5.74) is 0. The predicted molar refractivity (Wildman–Crippen MR) is 83.8 cm³/mol. The number of likely N-dealkylation sites (tertiary alicyclic amines) is 1. The van der Waals surface area contributed by atoms with Crippen molar-refractivity contribution in [3.63, 3.8) is 0 Å². The summed E-state index contributed by atoms with van der Waals surface area (Å²) in [6.45, 7) is 4.20. The van der Waals surface area contributed by atoms with Gasteiger partial charge in [-0.25, -0.2) is 0 Å². The number of ether oxygens (including phenoxy) is 2. The fraction of sp³-hybridized carbons (Fsp3) is 0.533. The Morgan fingerprint density at radius 2 is 2.14 bits per heavy atom. The van der Waals surface area contributed by atoms with Crippen molar-refractivity contribution in [3.8, 4) is 11.5 Å². The van der Waals surface area contributed by atoms with Crippen LogP contribution in [0.1, 0.15) is 19.8 Å². The molecule has 6 heteroatoms. The molecule has 1 saturated heterocycles. The summed E-state index contributed by atoms with van der Waals surface area (Å²) in [6.07, 6.45) is 1.28. The maximum Gasteiger partial charge on any atom is 0.179 e. The van der Waals surface area contributed by atoms with Crippen LogP contribution < -0.4 is 9.47 Å². The quantitative estimate of drug-likeness (QED) is 0.800. The number of ketones is 1. The Bertz CT molecular complexity index is 522. The Morgan fingerprint density at radius 1 is 1.38 bits per heavy atom. The number of nitrogens with zero attached hydrogens (tertiary/aromatic N) is 1. The zero-order valence-electron chi connectivity index (χ0n) is 12.2. The highest BCUT2D eigenvalue weighted by atomic mass is 35.5. The van der Waals surface area contributed by atoms with E-state index in [1.54, 1.807) is 12.1 Å². The number of carbonyl (C=O) groups excluding carboxylic acids is 1. The summed E-state index contributed by atoms with van der Waals surface area (Å²) in [4.78, 5) is 14.0. The van der Waals surface area contributed by atoms with Gasteiger partial charge in [0.25, 0.3) is 0 Å². The molecule has 1 fully saturated rings. The zero-order chi connectivity index (χ0) is 15.4. The van der Waals surface area contributed by atoms with Crippen LogP contribution >= 0.6 is 23.2 Å². The van der Waals surface area contributed by atoms with E-state index >= 15 is 0 Å². The monoisotopic (exact) mass is 331 g/mol. The zero-order valence-corrected chi connectivity index (χ0v) is 13.7. The third kappa shape index (κ3) is 3.82. The van der Waals surface area contributed by atoms with Crippen LogP contribution in [0, 0.1) is 0 Å². The fourth-order valence-electron chi connectivity index (χ4n) is 2.62. The van der Waals surface area contributed by atoms with Crippen molar-refractivity contribution in [1.29, 1.82) is 0 Å². The molecule has 21 heavy (non-hydrogen) atoms. The van der Waals surface area contributed by atoms with E-state index in [1.807, 2.05) is 0 Å². The van der Waals surface area contributed by atoms with Gasteiger partial charge >= 0.3 is 0 Å². The summed E-state index contributed by atoms with van der Waals surface area (Å²) < 4.78 is 10.9. The van der Waals surface area contributed by atoms with Gasteiger partial charge in [-0.05, 0) is 12.6 Å². The molecule has 116 valence electrons. The van der Waals surface area contributed by atoms with E-state index in [0.29, 0.717) is 41.0 Å². The average molecular weight is 332 g/mol. The molecule has 1 unspecified atom stereocenters. The van der Waals surface area contributed by atoms with E-state index in [0.717, 1.165) is 13.1 Å². The summed E-state index contributed by atoms with van der Waals surface area (Å²) in [7, 11) is 1.53. The molecule has 1 aliphatic heterocycles. The minimum atomic E-state index is -0.0457. The lowest BCUT2D eigenvalue weighted by molar-refractivity contribution is -0.120. The number of carbonyl (C=O) groups is 1. The van der Waals surface area contributed by atoms with Gasteiger partial charge in [-0.1, -0.05) is 30.1 Å². The number of rotatable bonds is 6. The molecule has 4 nitrogen and oxygen atoms in total. The minimum Gasteiger partial charge on any atom is -0.491 e. The van der Waals surface area contributed by atoms with Crippen molar-refractivity contribution in [3.05, 3.63) is 22.2 Å². The molecule has 0 aromatic heterocycles. The molecule has 0 aliphatic carbocycles. The van der Waals surface area contributed by atoms with Gasteiger partial charge in [0.2, 0.25) is 0 Å². The van der Waals surface area contributed by atoms with E-state index < -0.39 is 0 Å². The topological polar surface area (TPSA) is 38.8 Å². The van der Waals surface area contributed by atoms with Crippen LogP contribution in [0.3, 0.4) is 0 Å². The van der Waals surface area contributed by atoms with Crippen LogP contribution in [0.15, 0.2) is 12.1 Å². The molecule has 0 saturated carbocycles. The SMILES string of the molecule is CCN1CCC(=O)C1CCOc1cc(Cl)cc(Cl)c1OC. The second kappa shape index (κ2) is 7.34. The van der Waals surface area contributed by atoms with Gasteiger partial charge in [0, 0.05) is 30.5 Å². The smallest absolute Gasteiger partial charge is 0.179 e. The van der Waals surface area contributed by atoms with Crippen molar-refractivity contribution in [2.24, 2.45) is 0 Å². The highest BCUT2D eigenvalue weighted by Crippen LogP contribution is 2.38. The average Bonchev–Trinajstić information content (AvgIpc) is 2.79. The molecule has 1 aliphatic rings. The van der Waals surface area contributed by atoms with Crippen LogP contribution in [0.2, 0.25) is 10.0 Å². The first-order chi connectivity index (χ1) is 10.1. The molecular weight excluding hydrogens is 313 g/mol. The number of hydrogen-bond acceptors (Lipinski definition) is 4. The minimum absolute atomic E-state index is 0.0457. The molecule has 0 radical (unpaired) electrons. The summed E-state index contributed by atoms with van der Waals surface area (Å²) >= 11 is 12.0. The first kappa shape index (κ1) is 16.4. The second-order valence-corrected chi connectivity index (χ2v) is 5.76. The lowest BCUT2D eigenvalue weighted by atomic mass is 10.1. The third-order valence-corrected chi connectivity index (χ3v) is 4.19. The van der Waals surface area contributed by atoms with E-state index in [2.05, 4.69) is 11.8 Å². The first-order valence-electron chi connectivity index (χ1n) is 6.99. The van der Waals surface area contributed by atoms with E-state index in [4.69, 9.17) is 32.7 Å². The van der Waals surface area contributed by atoms with Crippen LogP contribution in [0.5, 0.6) is 11.5 Å². The van der Waals surface area contributed by atoms with Crippen LogP contribution in [0.25, 0.3) is 0 Å². The third-order valence-electron chi connectivity index (χ3n) is 3.69. The lowest BCUT2D eigenvalue weighted by Crippen LogP contribution is -2.34. The first-order valence-corrected chi connectivity index (χ1v) is 7.75. The number of hydrogen-bond donors (Lipinski definition) is 0. The van der Waals surface area contributed by atoms with Crippen molar-refractivity contribution in [2.45, 2.75) is 25.8 Å². The molecule has 1 aromatic carbocycles. The van der Waals surface area contributed by atoms with Gasteiger partial charge in [0.05, 0.1) is 24.8 Å². The molecule has 0 bridgehead atoms. The molecular formula is C15H19Cl2NO3. The van der Waals surface area contributed by atoms with Gasteiger partial charge < -0.3 is 9.47 Å². The Hall–Kier alpha value is -0.970. The van der Waals surface area contributed by atoms with Gasteiger partial charge in [0.15, 0.2) is 17.3 Å². The molecule has 0 spiro atoms. The molecule has 2 rings (SSSR count). The van der Waals surface area contributed by atoms with E-state index in [-0.39, 0.29) is 11.8 Å². The van der Waals surface area contributed by atoms with Crippen LogP contribution in [-0.4, -0.2) is 43.5 Å². The number of halogens is 2. The highest BCUT2D eigenvalue weighted by molar-refractivity contribution is 6.35. The Kier molecular flexibility index (Phi) is 5.73. The molecule has 0 N–H and O–H groups in total. The van der Waals surface area contributed by atoms with Crippen LogP contribution in [0.4, 0.5) is 0 Å². The normalized spacial score (nSPS) is 19.0. The Morgan fingerprint density at radius 3 is 2.81 bits per heavy atom. The van der Waals surface area contributed by atoms with Crippen molar-refractivity contribution >= 4 is 29.0 Å². The van der Waals surface area contributed by atoms with E-state index in [9.17, 15) is 4.79 Å². The number of likely N-dealkylation sites (N-methyl/N-ethyl adjacent to an activating group) is 1. The summed E-state index contributed by atoms with van der Waals surface area (Å²) in [5.74, 6) is 1.26. The van der Waals surface area contributed by atoms with Crippen molar-refractivity contribution in [2.75, 3.05) is 26.8 Å². The largest absolute Gasteiger partial charge is 0.491 e. The number of methoxy groups -OCH3 is 1. The molecule has 1 aromatic rings. The van der Waals surface area contributed by atoms with Gasteiger partial charge in [-0.15, -0.1) is 0 Å². The maximum atomic E-state index is 11.9. The Balaban J connectivity index is 1.99. The molecule has 0 amide bonds. The molecule has 1 heterocycles. The highest BCUT2D eigenvalue weighted by Gasteiger charge is 2.30. The number of benzene rings is 1. The standard InChI is InChI=1S/C15H19Cl2NO3/c1-3-18-6-4-13(19)12(18)5-7-21-14-9-10(16)8-11(17)15(14)20-2/h8-9,12H,3-7H2,1-2H3. The lowest BCUT2D eigenvalue weighted by Gasteiger charge is -2.21. The predicted octanol–water partition coefficient (Wildman–Crippen LogP) is 3.43. The van der Waals surface area contributed by atoms with Gasteiger partial charge in [0.1, 0.15) is 0 Å². The van der Waals surface area contributed by atoms with Gasteiger partial charge in [-0.3, -0.25) is 9.69 Å².